The second-order valence-corrected chi connectivity index (χ2v) is 8.64. The highest BCUT2D eigenvalue weighted by atomic mass is 16.5. The van der Waals surface area contributed by atoms with Crippen LogP contribution in [0.25, 0.3) is 0 Å². The Morgan fingerprint density at radius 1 is 0.833 bits per heavy atom. The molecule has 0 bridgehead atoms. The Labute approximate surface area is 183 Å². The molecule has 168 valence electrons. The fraction of sp³-hybridized carbons (Fsp3) is 0.692. The molecule has 4 nitrogen and oxygen atoms in total. The van der Waals surface area contributed by atoms with Crippen molar-refractivity contribution in [1.82, 2.24) is 4.90 Å². The number of esters is 1. The fourth-order valence-electron chi connectivity index (χ4n) is 4.14. The third-order valence-corrected chi connectivity index (χ3v) is 6.13. The molecular weight excluding hydrogens is 374 g/mol. The van der Waals surface area contributed by atoms with Crippen LogP contribution < -0.4 is 0 Å². The first-order valence-electron chi connectivity index (χ1n) is 12.2. The van der Waals surface area contributed by atoms with Crippen LogP contribution in [0, 0.1) is 5.92 Å². The van der Waals surface area contributed by atoms with Crippen molar-refractivity contribution in [2.45, 2.75) is 90.4 Å². The summed E-state index contributed by atoms with van der Waals surface area (Å²) in [5.74, 6) is -0.0743. The molecule has 0 unspecified atom stereocenters. The van der Waals surface area contributed by atoms with Gasteiger partial charge in [0.05, 0.1) is 12.5 Å². The number of piperidine rings is 1. The van der Waals surface area contributed by atoms with E-state index in [0.29, 0.717) is 32.5 Å². The summed E-state index contributed by atoms with van der Waals surface area (Å²) >= 11 is 0. The zero-order valence-electron chi connectivity index (χ0n) is 18.9. The standard InChI is InChI=1S/C26H41NO3/c1-2-3-4-5-6-7-8-9-10-11-15-22-30-26(29)24-18-20-27(21-19-24)25(28)23-16-13-12-14-17-23/h12-14,16-17,24H,2-11,15,18-22H2,1H3. The van der Waals surface area contributed by atoms with E-state index < -0.39 is 0 Å². The predicted molar refractivity (Wildman–Crippen MR) is 122 cm³/mol. The maximum Gasteiger partial charge on any atom is 0.309 e. The van der Waals surface area contributed by atoms with Crippen molar-refractivity contribution in [3.05, 3.63) is 35.9 Å². The molecule has 1 aromatic carbocycles. The quantitative estimate of drug-likeness (QED) is 0.261. The average molecular weight is 416 g/mol. The summed E-state index contributed by atoms with van der Waals surface area (Å²) in [4.78, 5) is 26.6. The Kier molecular flexibility index (Phi) is 12.2. The molecule has 1 heterocycles. The zero-order chi connectivity index (χ0) is 21.4. The number of ether oxygens (including phenoxy) is 1. The van der Waals surface area contributed by atoms with Gasteiger partial charge in [0.2, 0.25) is 0 Å². The van der Waals surface area contributed by atoms with E-state index in [0.717, 1.165) is 18.4 Å². The van der Waals surface area contributed by atoms with Gasteiger partial charge < -0.3 is 9.64 Å². The number of unbranched alkanes of at least 4 members (excludes halogenated alkanes) is 10. The number of amides is 1. The van der Waals surface area contributed by atoms with Crippen LogP contribution in [0.15, 0.2) is 30.3 Å². The Bertz CT molecular complexity index is 594. The zero-order valence-corrected chi connectivity index (χ0v) is 18.9. The molecular formula is C26H41NO3. The minimum absolute atomic E-state index is 0.0578. The second-order valence-electron chi connectivity index (χ2n) is 8.64. The van der Waals surface area contributed by atoms with Crippen LogP contribution in [0.4, 0.5) is 0 Å². The lowest BCUT2D eigenvalue weighted by Crippen LogP contribution is -2.40. The van der Waals surface area contributed by atoms with Crippen molar-refractivity contribution in [3.63, 3.8) is 0 Å². The molecule has 2 rings (SSSR count). The summed E-state index contributed by atoms with van der Waals surface area (Å²) in [7, 11) is 0. The Hall–Kier alpha value is -1.84. The van der Waals surface area contributed by atoms with Gasteiger partial charge in [0.15, 0.2) is 0 Å². The lowest BCUT2D eigenvalue weighted by molar-refractivity contribution is -0.150. The number of benzene rings is 1. The van der Waals surface area contributed by atoms with Gasteiger partial charge in [-0.2, -0.15) is 0 Å². The highest BCUT2D eigenvalue weighted by Gasteiger charge is 2.28. The normalized spacial score (nSPS) is 14.6. The first-order chi connectivity index (χ1) is 14.7. The predicted octanol–water partition coefficient (Wildman–Crippen LogP) is 6.39. The summed E-state index contributed by atoms with van der Waals surface area (Å²) in [6.45, 7) is 4.06. The van der Waals surface area contributed by atoms with E-state index in [9.17, 15) is 9.59 Å². The molecule has 0 aliphatic carbocycles. The summed E-state index contributed by atoms with van der Waals surface area (Å²) in [5, 5.41) is 0. The molecule has 4 heteroatoms. The maximum atomic E-state index is 12.5. The van der Waals surface area contributed by atoms with Gasteiger partial charge in [-0.15, -0.1) is 0 Å². The van der Waals surface area contributed by atoms with E-state index >= 15 is 0 Å². The van der Waals surface area contributed by atoms with Crippen LogP contribution in [0.2, 0.25) is 0 Å². The minimum Gasteiger partial charge on any atom is -0.465 e. The molecule has 1 saturated heterocycles. The Morgan fingerprint density at radius 2 is 1.37 bits per heavy atom. The van der Waals surface area contributed by atoms with Crippen LogP contribution in [-0.4, -0.2) is 36.5 Å². The van der Waals surface area contributed by atoms with Gasteiger partial charge in [-0.25, -0.2) is 0 Å². The number of nitrogens with zero attached hydrogens (tertiary/aromatic N) is 1. The molecule has 0 N–H and O–H groups in total. The summed E-state index contributed by atoms with van der Waals surface area (Å²) in [5.41, 5.74) is 0.718. The first-order valence-corrected chi connectivity index (χ1v) is 12.2. The molecule has 1 aliphatic rings. The van der Waals surface area contributed by atoms with Gasteiger partial charge >= 0.3 is 5.97 Å². The molecule has 0 radical (unpaired) electrons. The molecule has 1 aromatic rings. The summed E-state index contributed by atoms with van der Waals surface area (Å²) in [6, 6.07) is 9.36. The lowest BCUT2D eigenvalue weighted by Gasteiger charge is -2.31. The van der Waals surface area contributed by atoms with E-state index in [2.05, 4.69) is 6.92 Å². The van der Waals surface area contributed by atoms with Gasteiger partial charge in [0, 0.05) is 18.7 Å². The number of hydrogen-bond donors (Lipinski definition) is 0. The summed E-state index contributed by atoms with van der Waals surface area (Å²) in [6.07, 6.45) is 15.6. The molecule has 1 aliphatic heterocycles. The van der Waals surface area contributed by atoms with E-state index in [1.807, 2.05) is 35.2 Å². The van der Waals surface area contributed by atoms with E-state index in [1.54, 1.807) is 0 Å². The molecule has 0 spiro atoms. The molecule has 0 saturated carbocycles. The first kappa shape index (κ1) is 24.4. The third kappa shape index (κ3) is 9.32. The minimum atomic E-state index is -0.0751. The van der Waals surface area contributed by atoms with E-state index in [1.165, 1.54) is 57.8 Å². The topological polar surface area (TPSA) is 46.6 Å². The van der Waals surface area contributed by atoms with Gasteiger partial charge in [0.25, 0.3) is 5.91 Å². The average Bonchev–Trinajstić information content (AvgIpc) is 2.80. The lowest BCUT2D eigenvalue weighted by atomic mass is 9.96. The monoisotopic (exact) mass is 415 g/mol. The van der Waals surface area contributed by atoms with Crippen LogP contribution >= 0.6 is 0 Å². The van der Waals surface area contributed by atoms with Crippen LogP contribution in [0.1, 0.15) is 101 Å². The van der Waals surface area contributed by atoms with E-state index in [-0.39, 0.29) is 17.8 Å². The van der Waals surface area contributed by atoms with Gasteiger partial charge in [-0.1, -0.05) is 89.3 Å². The SMILES string of the molecule is CCCCCCCCCCCCCOC(=O)C1CCN(C(=O)c2ccccc2)CC1. The molecule has 30 heavy (non-hydrogen) atoms. The van der Waals surface area contributed by atoms with Crippen molar-refractivity contribution in [3.8, 4) is 0 Å². The molecule has 1 amide bonds. The summed E-state index contributed by atoms with van der Waals surface area (Å²) < 4.78 is 5.50. The molecule has 0 atom stereocenters. The number of carbonyl (C=O) groups is 2. The van der Waals surface area contributed by atoms with Crippen molar-refractivity contribution >= 4 is 11.9 Å². The number of likely N-dealkylation sites (tertiary alicyclic amines) is 1. The highest BCUT2D eigenvalue weighted by Crippen LogP contribution is 2.20. The Morgan fingerprint density at radius 3 is 1.93 bits per heavy atom. The number of hydrogen-bond acceptors (Lipinski definition) is 3. The van der Waals surface area contributed by atoms with Crippen molar-refractivity contribution in [2.24, 2.45) is 5.92 Å². The van der Waals surface area contributed by atoms with Gasteiger partial charge in [-0.3, -0.25) is 9.59 Å². The van der Waals surface area contributed by atoms with Crippen molar-refractivity contribution in [1.29, 1.82) is 0 Å². The highest BCUT2D eigenvalue weighted by molar-refractivity contribution is 5.94. The van der Waals surface area contributed by atoms with E-state index in [4.69, 9.17) is 4.74 Å². The van der Waals surface area contributed by atoms with Crippen LogP contribution in [0.5, 0.6) is 0 Å². The third-order valence-electron chi connectivity index (χ3n) is 6.13. The Balaban J connectivity index is 1.46. The van der Waals surface area contributed by atoms with Gasteiger partial charge in [-0.05, 0) is 31.4 Å². The van der Waals surface area contributed by atoms with Crippen LogP contribution in [0.3, 0.4) is 0 Å². The largest absolute Gasteiger partial charge is 0.465 e. The maximum absolute atomic E-state index is 12.5. The fourth-order valence-corrected chi connectivity index (χ4v) is 4.14. The second kappa shape index (κ2) is 15.0. The molecule has 0 aromatic heterocycles. The number of rotatable bonds is 14. The smallest absolute Gasteiger partial charge is 0.309 e. The van der Waals surface area contributed by atoms with Crippen LogP contribution in [-0.2, 0) is 9.53 Å². The van der Waals surface area contributed by atoms with Gasteiger partial charge in [0.1, 0.15) is 0 Å². The molecule has 1 fully saturated rings. The van der Waals surface area contributed by atoms with Crippen molar-refractivity contribution < 1.29 is 14.3 Å². The number of carbonyl (C=O) groups excluding carboxylic acids is 2. The van der Waals surface area contributed by atoms with Crippen molar-refractivity contribution in [2.75, 3.05) is 19.7 Å².